The molecule has 2 nitrogen and oxygen atoms in total. The third-order valence-corrected chi connectivity index (χ3v) is 4.86. The van der Waals surface area contributed by atoms with Crippen molar-refractivity contribution in [3.63, 3.8) is 0 Å². The van der Waals surface area contributed by atoms with Crippen LogP contribution < -0.4 is 5.32 Å². The summed E-state index contributed by atoms with van der Waals surface area (Å²) in [7, 11) is 0. The van der Waals surface area contributed by atoms with Crippen LogP contribution in [0.4, 0.5) is 0 Å². The Bertz CT molecular complexity index is 606. The van der Waals surface area contributed by atoms with Crippen molar-refractivity contribution in [1.29, 1.82) is 0 Å². The lowest BCUT2D eigenvalue weighted by Gasteiger charge is -2.18. The predicted octanol–water partition coefficient (Wildman–Crippen LogP) is 4.72. The molecule has 1 atom stereocenters. The number of nitrogens with one attached hydrogen (secondary N) is 1. The van der Waals surface area contributed by atoms with Crippen molar-refractivity contribution in [2.45, 2.75) is 58.5 Å². The number of aryl methyl sites for hydroxylation is 2. The molecule has 0 radical (unpaired) electrons. The van der Waals surface area contributed by atoms with Gasteiger partial charge in [0.05, 0.1) is 11.7 Å². The van der Waals surface area contributed by atoms with Gasteiger partial charge in [-0.1, -0.05) is 43.2 Å². The summed E-state index contributed by atoms with van der Waals surface area (Å²) in [5.41, 5.74) is 5.22. The summed E-state index contributed by atoms with van der Waals surface area (Å²) in [5.74, 6) is 0.496. The van der Waals surface area contributed by atoms with Gasteiger partial charge in [0, 0.05) is 11.4 Å². The molecular formula is C18H24N2S. The van der Waals surface area contributed by atoms with Crippen molar-refractivity contribution in [2.24, 2.45) is 0 Å². The Labute approximate surface area is 131 Å². The van der Waals surface area contributed by atoms with Crippen LogP contribution in [0, 0.1) is 13.8 Å². The third kappa shape index (κ3) is 3.53. The van der Waals surface area contributed by atoms with Gasteiger partial charge < -0.3 is 5.32 Å². The highest BCUT2D eigenvalue weighted by molar-refractivity contribution is 7.09. The van der Waals surface area contributed by atoms with Gasteiger partial charge >= 0.3 is 0 Å². The number of thiazole rings is 1. The molecule has 0 spiro atoms. The second kappa shape index (κ2) is 5.90. The molecule has 3 rings (SSSR count). The first-order valence-corrected chi connectivity index (χ1v) is 8.70. The second-order valence-corrected chi connectivity index (χ2v) is 7.45. The van der Waals surface area contributed by atoms with E-state index < -0.39 is 0 Å². The monoisotopic (exact) mass is 300 g/mol. The SMILES string of the molecule is Cc1cc(C)cc(C(NC2CC2)c2nc(C(C)C)cs2)c1. The van der Waals surface area contributed by atoms with Gasteiger partial charge in [0.15, 0.2) is 0 Å². The normalized spacial score (nSPS) is 16.4. The average Bonchev–Trinajstić information content (AvgIpc) is 3.09. The molecule has 1 saturated carbocycles. The van der Waals surface area contributed by atoms with Gasteiger partial charge in [0.2, 0.25) is 0 Å². The standard InChI is InChI=1S/C18H24N2S/c1-11(2)16-10-21-18(20-16)17(19-15-5-6-15)14-8-12(3)7-13(4)9-14/h7-11,15,17,19H,5-6H2,1-4H3. The highest BCUT2D eigenvalue weighted by Gasteiger charge is 2.28. The van der Waals surface area contributed by atoms with Crippen LogP contribution in [0.25, 0.3) is 0 Å². The largest absolute Gasteiger partial charge is 0.301 e. The molecule has 1 aliphatic carbocycles. The highest BCUT2D eigenvalue weighted by Crippen LogP contribution is 2.32. The van der Waals surface area contributed by atoms with E-state index in [1.807, 2.05) is 0 Å². The van der Waals surface area contributed by atoms with Crippen LogP contribution in [0.3, 0.4) is 0 Å². The van der Waals surface area contributed by atoms with Crippen molar-refractivity contribution in [3.8, 4) is 0 Å². The lowest BCUT2D eigenvalue weighted by Crippen LogP contribution is -2.24. The number of benzene rings is 1. The zero-order chi connectivity index (χ0) is 15.0. The number of aromatic nitrogens is 1. The van der Waals surface area contributed by atoms with Crippen molar-refractivity contribution < 1.29 is 0 Å². The minimum Gasteiger partial charge on any atom is -0.301 e. The van der Waals surface area contributed by atoms with Crippen molar-refractivity contribution in [2.75, 3.05) is 0 Å². The topological polar surface area (TPSA) is 24.9 Å². The predicted molar refractivity (Wildman–Crippen MR) is 90.1 cm³/mol. The molecule has 1 aromatic heterocycles. The minimum atomic E-state index is 0.244. The van der Waals surface area contributed by atoms with E-state index in [0.29, 0.717) is 12.0 Å². The number of hydrogen-bond donors (Lipinski definition) is 1. The van der Waals surface area contributed by atoms with Crippen LogP contribution in [-0.2, 0) is 0 Å². The molecular weight excluding hydrogens is 276 g/mol. The van der Waals surface area contributed by atoms with Gasteiger partial charge in [-0.2, -0.15) is 0 Å². The quantitative estimate of drug-likeness (QED) is 0.864. The minimum absolute atomic E-state index is 0.244. The molecule has 1 aliphatic rings. The van der Waals surface area contributed by atoms with Gasteiger partial charge in [-0.25, -0.2) is 4.98 Å². The molecule has 1 heterocycles. The van der Waals surface area contributed by atoms with E-state index in [-0.39, 0.29) is 6.04 Å². The van der Waals surface area contributed by atoms with Crippen LogP contribution in [0.2, 0.25) is 0 Å². The zero-order valence-electron chi connectivity index (χ0n) is 13.3. The fourth-order valence-electron chi connectivity index (χ4n) is 2.67. The first-order valence-electron chi connectivity index (χ1n) is 7.82. The average molecular weight is 300 g/mol. The lowest BCUT2D eigenvalue weighted by molar-refractivity contribution is 0.594. The van der Waals surface area contributed by atoms with Crippen LogP contribution in [-0.4, -0.2) is 11.0 Å². The fourth-order valence-corrected chi connectivity index (χ4v) is 3.74. The maximum absolute atomic E-state index is 4.88. The first kappa shape index (κ1) is 14.7. The van der Waals surface area contributed by atoms with Gasteiger partial charge in [0.1, 0.15) is 5.01 Å². The van der Waals surface area contributed by atoms with Crippen molar-refractivity contribution >= 4 is 11.3 Å². The first-order chi connectivity index (χ1) is 10.0. The molecule has 21 heavy (non-hydrogen) atoms. The molecule has 1 aromatic carbocycles. The van der Waals surface area contributed by atoms with E-state index in [1.165, 1.54) is 40.2 Å². The molecule has 0 bridgehead atoms. The van der Waals surface area contributed by atoms with E-state index in [0.717, 1.165) is 0 Å². The summed E-state index contributed by atoms with van der Waals surface area (Å²) in [6, 6.07) is 7.74. The lowest BCUT2D eigenvalue weighted by atomic mass is 10.0. The third-order valence-electron chi connectivity index (χ3n) is 3.94. The molecule has 1 N–H and O–H groups in total. The molecule has 2 aromatic rings. The summed E-state index contributed by atoms with van der Waals surface area (Å²) >= 11 is 1.79. The molecule has 0 amide bonds. The van der Waals surface area contributed by atoms with Crippen molar-refractivity contribution in [3.05, 3.63) is 51.0 Å². The van der Waals surface area contributed by atoms with Gasteiger partial charge in [0.25, 0.3) is 0 Å². The Balaban J connectivity index is 1.95. The van der Waals surface area contributed by atoms with Crippen LogP contribution in [0.5, 0.6) is 0 Å². The molecule has 112 valence electrons. The molecule has 0 aliphatic heterocycles. The van der Waals surface area contributed by atoms with Gasteiger partial charge in [-0.15, -0.1) is 11.3 Å². The van der Waals surface area contributed by atoms with Gasteiger partial charge in [-0.05, 0) is 38.2 Å². The van der Waals surface area contributed by atoms with E-state index >= 15 is 0 Å². The Morgan fingerprint density at radius 3 is 2.33 bits per heavy atom. The van der Waals surface area contributed by atoms with Crippen LogP contribution in [0.1, 0.15) is 66.0 Å². The molecule has 3 heteroatoms. The summed E-state index contributed by atoms with van der Waals surface area (Å²) in [6.45, 7) is 8.76. The molecule has 0 saturated heterocycles. The van der Waals surface area contributed by atoms with Crippen LogP contribution >= 0.6 is 11.3 Å². The van der Waals surface area contributed by atoms with Gasteiger partial charge in [-0.3, -0.25) is 0 Å². The summed E-state index contributed by atoms with van der Waals surface area (Å²) in [4.78, 5) is 4.88. The fraction of sp³-hybridized carbons (Fsp3) is 0.500. The second-order valence-electron chi connectivity index (χ2n) is 6.56. The number of rotatable bonds is 5. The zero-order valence-corrected chi connectivity index (χ0v) is 14.1. The summed E-state index contributed by atoms with van der Waals surface area (Å²) in [6.07, 6.45) is 2.59. The van der Waals surface area contributed by atoms with Crippen molar-refractivity contribution in [1.82, 2.24) is 10.3 Å². The summed E-state index contributed by atoms with van der Waals surface area (Å²) < 4.78 is 0. The van der Waals surface area contributed by atoms with E-state index in [9.17, 15) is 0 Å². The Kier molecular flexibility index (Phi) is 4.14. The molecule has 1 fully saturated rings. The molecule has 1 unspecified atom stereocenters. The Morgan fingerprint density at radius 2 is 1.81 bits per heavy atom. The maximum Gasteiger partial charge on any atom is 0.114 e. The van der Waals surface area contributed by atoms with Crippen LogP contribution in [0.15, 0.2) is 23.6 Å². The highest BCUT2D eigenvalue weighted by atomic mass is 32.1. The smallest absolute Gasteiger partial charge is 0.114 e. The Morgan fingerprint density at radius 1 is 1.14 bits per heavy atom. The maximum atomic E-state index is 4.88. The van der Waals surface area contributed by atoms with E-state index in [4.69, 9.17) is 4.98 Å². The Hall–Kier alpha value is -1.19. The summed E-state index contributed by atoms with van der Waals surface area (Å²) in [5, 5.41) is 7.19. The number of hydrogen-bond acceptors (Lipinski definition) is 3. The van der Waals surface area contributed by atoms with E-state index in [2.05, 4.69) is 56.6 Å². The number of nitrogens with zero attached hydrogens (tertiary/aromatic N) is 1. The van der Waals surface area contributed by atoms with E-state index in [1.54, 1.807) is 11.3 Å².